The van der Waals surface area contributed by atoms with Gasteiger partial charge in [0.25, 0.3) is 5.91 Å². The monoisotopic (exact) mass is 310 g/mol. The fourth-order valence-electron chi connectivity index (χ4n) is 2.57. The van der Waals surface area contributed by atoms with Crippen LogP contribution in [-0.2, 0) is 0 Å². The molecule has 1 N–H and O–H groups in total. The lowest BCUT2D eigenvalue weighted by Crippen LogP contribution is -2.43. The Hall–Kier alpha value is -0.900. The minimum atomic E-state index is -0.0187. The number of aromatic nitrogens is 1. The van der Waals surface area contributed by atoms with Crippen molar-refractivity contribution < 1.29 is 4.79 Å². The Morgan fingerprint density at radius 2 is 2.17 bits per heavy atom. The van der Waals surface area contributed by atoms with Gasteiger partial charge >= 0.3 is 0 Å². The summed E-state index contributed by atoms with van der Waals surface area (Å²) >= 11 is 3.33. The highest BCUT2D eigenvalue weighted by Gasteiger charge is 2.28. The van der Waals surface area contributed by atoms with Gasteiger partial charge < -0.3 is 5.32 Å². The first kappa shape index (κ1) is 13.5. The maximum Gasteiger partial charge on any atom is 0.253 e. The van der Waals surface area contributed by atoms with Gasteiger partial charge in [-0.15, -0.1) is 0 Å². The van der Waals surface area contributed by atoms with Gasteiger partial charge in [0, 0.05) is 22.9 Å². The Morgan fingerprint density at radius 1 is 1.39 bits per heavy atom. The number of hydrogen-bond acceptors (Lipinski definition) is 2. The van der Waals surface area contributed by atoms with Crippen molar-refractivity contribution >= 4 is 21.8 Å². The summed E-state index contributed by atoms with van der Waals surface area (Å²) in [5, 5.41) is 3.14. The number of carbonyl (C=O) groups excluding carboxylic acids is 1. The fraction of sp³-hybridized carbons (Fsp3) is 0.571. The minimum Gasteiger partial charge on any atom is -0.349 e. The van der Waals surface area contributed by atoms with Gasteiger partial charge in [0.1, 0.15) is 0 Å². The zero-order valence-electron chi connectivity index (χ0n) is 10.8. The molecule has 0 aliphatic heterocycles. The molecule has 0 radical (unpaired) electrons. The van der Waals surface area contributed by atoms with E-state index in [1.807, 2.05) is 0 Å². The quantitative estimate of drug-likeness (QED) is 0.909. The normalized spacial score (nSPS) is 27.8. The molecule has 0 aromatic carbocycles. The van der Waals surface area contributed by atoms with Gasteiger partial charge in [0.2, 0.25) is 0 Å². The Bertz CT molecular complexity index is 436. The molecule has 1 heterocycles. The van der Waals surface area contributed by atoms with E-state index in [4.69, 9.17) is 0 Å². The average Bonchev–Trinajstić information content (AvgIpc) is 2.35. The lowest BCUT2D eigenvalue weighted by atomic mass is 9.78. The molecule has 0 saturated heterocycles. The van der Waals surface area contributed by atoms with E-state index >= 15 is 0 Å². The Balaban J connectivity index is 2.03. The molecule has 2 rings (SSSR count). The van der Waals surface area contributed by atoms with Crippen LogP contribution >= 0.6 is 15.9 Å². The third-order valence-corrected chi connectivity index (χ3v) is 4.42. The summed E-state index contributed by atoms with van der Waals surface area (Å²) in [4.78, 5) is 16.2. The van der Waals surface area contributed by atoms with E-state index in [1.54, 1.807) is 18.5 Å². The molecule has 1 saturated carbocycles. The van der Waals surface area contributed by atoms with Crippen LogP contribution in [0.5, 0.6) is 0 Å². The second-order valence-corrected chi connectivity index (χ2v) is 6.15. The maximum atomic E-state index is 12.1. The predicted octanol–water partition coefficient (Wildman–Crippen LogP) is 3.40. The molecule has 1 aliphatic carbocycles. The molecule has 1 amide bonds. The van der Waals surface area contributed by atoms with Crippen LogP contribution in [0.25, 0.3) is 0 Å². The number of nitrogens with one attached hydrogen (secondary N) is 1. The number of halogens is 1. The van der Waals surface area contributed by atoms with Gasteiger partial charge in [0.15, 0.2) is 0 Å². The highest BCUT2D eigenvalue weighted by atomic mass is 79.9. The summed E-state index contributed by atoms with van der Waals surface area (Å²) in [7, 11) is 0. The van der Waals surface area contributed by atoms with Crippen molar-refractivity contribution in [3.05, 3.63) is 28.5 Å². The third-order valence-electron chi connectivity index (χ3n) is 3.99. The van der Waals surface area contributed by atoms with Gasteiger partial charge in [-0.05, 0) is 40.3 Å². The summed E-state index contributed by atoms with van der Waals surface area (Å²) < 4.78 is 0.834. The fourth-order valence-corrected chi connectivity index (χ4v) is 2.94. The molecule has 98 valence electrons. The van der Waals surface area contributed by atoms with Crippen molar-refractivity contribution in [2.24, 2.45) is 11.8 Å². The molecule has 1 aliphatic rings. The summed E-state index contributed by atoms with van der Waals surface area (Å²) in [6.07, 6.45) is 6.84. The first-order valence-corrected chi connectivity index (χ1v) is 7.28. The largest absolute Gasteiger partial charge is 0.349 e. The number of rotatable bonds is 2. The first-order valence-electron chi connectivity index (χ1n) is 6.49. The first-order chi connectivity index (χ1) is 8.58. The summed E-state index contributed by atoms with van der Waals surface area (Å²) in [5.74, 6) is 1.21. The van der Waals surface area contributed by atoms with Gasteiger partial charge in [-0.1, -0.05) is 26.7 Å². The number of pyridine rings is 1. The van der Waals surface area contributed by atoms with E-state index in [1.165, 1.54) is 12.8 Å². The standard InChI is InChI=1S/C14H19BrN2O/c1-9-4-3-5-13(10(9)2)17-14(18)11-6-12(15)8-16-7-11/h6-10,13H,3-5H2,1-2H3,(H,17,18)/t9-,10+,13+/m0/s1. The smallest absolute Gasteiger partial charge is 0.253 e. The van der Waals surface area contributed by atoms with Crippen LogP contribution in [0.15, 0.2) is 22.9 Å². The van der Waals surface area contributed by atoms with Gasteiger partial charge in [-0.25, -0.2) is 0 Å². The van der Waals surface area contributed by atoms with Crippen LogP contribution in [0.4, 0.5) is 0 Å². The van der Waals surface area contributed by atoms with E-state index in [0.29, 0.717) is 23.4 Å². The van der Waals surface area contributed by atoms with E-state index in [9.17, 15) is 4.79 Å². The van der Waals surface area contributed by atoms with Crippen molar-refractivity contribution in [2.45, 2.75) is 39.2 Å². The molecule has 3 atom stereocenters. The molecule has 0 spiro atoms. The number of carbonyl (C=O) groups is 1. The molecule has 0 unspecified atom stereocenters. The second kappa shape index (κ2) is 5.83. The zero-order valence-corrected chi connectivity index (χ0v) is 12.4. The van der Waals surface area contributed by atoms with Crippen LogP contribution in [0.1, 0.15) is 43.5 Å². The number of nitrogens with zero attached hydrogens (tertiary/aromatic N) is 1. The van der Waals surface area contributed by atoms with Gasteiger partial charge in [-0.2, -0.15) is 0 Å². The third kappa shape index (κ3) is 3.10. The summed E-state index contributed by atoms with van der Waals surface area (Å²) in [5.41, 5.74) is 0.620. The zero-order chi connectivity index (χ0) is 13.1. The van der Waals surface area contributed by atoms with Crippen LogP contribution in [0, 0.1) is 11.8 Å². The Labute approximate surface area is 117 Å². The molecule has 4 heteroatoms. The maximum absolute atomic E-state index is 12.1. The van der Waals surface area contributed by atoms with E-state index in [-0.39, 0.29) is 5.91 Å². The van der Waals surface area contributed by atoms with Crippen molar-refractivity contribution in [2.75, 3.05) is 0 Å². The molecule has 1 fully saturated rings. The Morgan fingerprint density at radius 3 is 2.89 bits per heavy atom. The molecule has 18 heavy (non-hydrogen) atoms. The van der Waals surface area contributed by atoms with Crippen LogP contribution in [0.3, 0.4) is 0 Å². The summed E-state index contributed by atoms with van der Waals surface area (Å²) in [6, 6.07) is 2.10. The molecular formula is C14H19BrN2O. The molecule has 3 nitrogen and oxygen atoms in total. The SMILES string of the molecule is C[C@@H]1[C@@H](C)CCC[C@H]1NC(=O)c1cncc(Br)c1. The lowest BCUT2D eigenvalue weighted by Gasteiger charge is -2.34. The van der Waals surface area contributed by atoms with Crippen molar-refractivity contribution in [3.63, 3.8) is 0 Å². The highest BCUT2D eigenvalue weighted by Crippen LogP contribution is 2.29. The Kier molecular flexibility index (Phi) is 4.38. The van der Waals surface area contributed by atoms with Crippen molar-refractivity contribution in [1.82, 2.24) is 10.3 Å². The van der Waals surface area contributed by atoms with Gasteiger partial charge in [-0.3, -0.25) is 9.78 Å². The van der Waals surface area contributed by atoms with E-state index in [0.717, 1.165) is 10.9 Å². The highest BCUT2D eigenvalue weighted by molar-refractivity contribution is 9.10. The lowest BCUT2D eigenvalue weighted by molar-refractivity contribution is 0.0890. The average molecular weight is 311 g/mol. The topological polar surface area (TPSA) is 42.0 Å². The molecular weight excluding hydrogens is 292 g/mol. The number of amides is 1. The van der Waals surface area contributed by atoms with Gasteiger partial charge in [0.05, 0.1) is 5.56 Å². The second-order valence-electron chi connectivity index (χ2n) is 5.24. The van der Waals surface area contributed by atoms with E-state index in [2.05, 4.69) is 40.1 Å². The summed E-state index contributed by atoms with van der Waals surface area (Å²) in [6.45, 7) is 4.50. The predicted molar refractivity (Wildman–Crippen MR) is 75.4 cm³/mol. The van der Waals surface area contributed by atoms with Crippen molar-refractivity contribution in [3.8, 4) is 0 Å². The van der Waals surface area contributed by atoms with Crippen molar-refractivity contribution in [1.29, 1.82) is 0 Å². The molecule has 1 aromatic rings. The molecule has 1 aromatic heterocycles. The van der Waals surface area contributed by atoms with Crippen LogP contribution < -0.4 is 5.32 Å². The van der Waals surface area contributed by atoms with Crippen LogP contribution in [-0.4, -0.2) is 16.9 Å². The number of hydrogen-bond donors (Lipinski definition) is 1. The van der Waals surface area contributed by atoms with Crippen LogP contribution in [0.2, 0.25) is 0 Å². The molecule has 0 bridgehead atoms. The van der Waals surface area contributed by atoms with E-state index < -0.39 is 0 Å². The minimum absolute atomic E-state index is 0.0187.